The Kier molecular flexibility index (Phi) is 4.25. The Morgan fingerprint density at radius 1 is 1.12 bits per heavy atom. The third-order valence-corrected chi connectivity index (χ3v) is 4.42. The molecule has 1 N–H and O–H groups in total. The van der Waals surface area contributed by atoms with Crippen molar-refractivity contribution in [2.75, 3.05) is 9.80 Å². The molecule has 0 aromatic heterocycles. The fourth-order valence-corrected chi connectivity index (χ4v) is 3.33. The quantitative estimate of drug-likeness (QED) is 0.901. The first kappa shape index (κ1) is 16.1. The van der Waals surface area contributed by atoms with Crippen molar-refractivity contribution in [1.29, 1.82) is 0 Å². The Morgan fingerprint density at radius 3 is 2.46 bits per heavy atom. The van der Waals surface area contributed by atoms with Gasteiger partial charge in [0, 0.05) is 24.2 Å². The van der Waals surface area contributed by atoms with Crippen LogP contribution in [0.15, 0.2) is 48.5 Å². The largest absolute Gasteiger partial charge is 0.465 e. The molecule has 1 heterocycles. The Morgan fingerprint density at radius 2 is 1.83 bits per heavy atom. The summed E-state index contributed by atoms with van der Waals surface area (Å²) in [4.78, 5) is 27.0. The van der Waals surface area contributed by atoms with E-state index in [1.807, 2.05) is 49.4 Å². The van der Waals surface area contributed by atoms with Gasteiger partial charge in [-0.3, -0.25) is 14.6 Å². The molecule has 2 amide bonds. The summed E-state index contributed by atoms with van der Waals surface area (Å²) >= 11 is 0. The lowest BCUT2D eigenvalue weighted by atomic mass is 9.94. The second-order valence-corrected chi connectivity index (χ2v) is 6.01. The molecule has 0 spiro atoms. The number of rotatable bonds is 2. The highest BCUT2D eigenvalue weighted by Gasteiger charge is 2.31. The van der Waals surface area contributed by atoms with Crippen LogP contribution in [0.2, 0.25) is 0 Å². The summed E-state index contributed by atoms with van der Waals surface area (Å²) in [5.41, 5.74) is 3.10. The third kappa shape index (κ3) is 2.73. The van der Waals surface area contributed by atoms with Crippen LogP contribution >= 0.6 is 0 Å². The van der Waals surface area contributed by atoms with Gasteiger partial charge >= 0.3 is 6.09 Å². The summed E-state index contributed by atoms with van der Waals surface area (Å²) in [7, 11) is 0. The smallest absolute Gasteiger partial charge is 0.412 e. The monoisotopic (exact) mass is 324 g/mol. The van der Waals surface area contributed by atoms with Crippen molar-refractivity contribution < 1.29 is 14.7 Å². The van der Waals surface area contributed by atoms with Crippen molar-refractivity contribution in [3.63, 3.8) is 0 Å². The van der Waals surface area contributed by atoms with Gasteiger partial charge in [0.1, 0.15) is 0 Å². The molecule has 2 aromatic rings. The summed E-state index contributed by atoms with van der Waals surface area (Å²) in [6, 6.07) is 14.8. The molecule has 3 rings (SSSR count). The summed E-state index contributed by atoms with van der Waals surface area (Å²) < 4.78 is 0. The Labute approximate surface area is 141 Å². The van der Waals surface area contributed by atoms with E-state index in [4.69, 9.17) is 0 Å². The minimum absolute atomic E-state index is 0.0762. The van der Waals surface area contributed by atoms with E-state index < -0.39 is 6.09 Å². The van der Waals surface area contributed by atoms with Gasteiger partial charge in [0.2, 0.25) is 5.91 Å². The first-order valence-corrected chi connectivity index (χ1v) is 8.00. The number of carbonyl (C=O) groups excluding carboxylic acids is 1. The van der Waals surface area contributed by atoms with Gasteiger partial charge in [0.15, 0.2) is 0 Å². The third-order valence-electron chi connectivity index (χ3n) is 4.42. The molecule has 0 saturated carbocycles. The molecule has 1 aliphatic rings. The number of benzene rings is 2. The Bertz CT molecular complexity index is 773. The topological polar surface area (TPSA) is 60.9 Å². The van der Waals surface area contributed by atoms with E-state index in [0.29, 0.717) is 5.69 Å². The average molecular weight is 324 g/mol. The normalized spacial score (nSPS) is 16.4. The Hall–Kier alpha value is -2.82. The van der Waals surface area contributed by atoms with Crippen LogP contribution in [0.4, 0.5) is 21.9 Å². The van der Waals surface area contributed by atoms with Crippen LogP contribution in [0.3, 0.4) is 0 Å². The predicted octanol–water partition coefficient (Wildman–Crippen LogP) is 4.19. The molecule has 0 aliphatic carbocycles. The van der Waals surface area contributed by atoms with Gasteiger partial charge in [-0.1, -0.05) is 24.3 Å². The number of fused-ring (bicyclic) bond motifs is 1. The minimum Gasteiger partial charge on any atom is -0.465 e. The maximum absolute atomic E-state index is 12.3. The molecule has 5 nitrogen and oxygen atoms in total. The molecular formula is C19H20N2O3. The van der Waals surface area contributed by atoms with Crippen molar-refractivity contribution in [2.24, 2.45) is 0 Å². The highest BCUT2D eigenvalue weighted by atomic mass is 16.4. The van der Waals surface area contributed by atoms with Crippen LogP contribution in [-0.2, 0) is 11.2 Å². The van der Waals surface area contributed by atoms with Crippen molar-refractivity contribution in [3.8, 4) is 0 Å². The molecule has 124 valence electrons. The zero-order valence-electron chi connectivity index (χ0n) is 13.8. The van der Waals surface area contributed by atoms with Crippen molar-refractivity contribution in [1.82, 2.24) is 0 Å². The molecule has 1 aliphatic heterocycles. The van der Waals surface area contributed by atoms with Gasteiger partial charge in [-0.15, -0.1) is 0 Å². The second-order valence-electron chi connectivity index (χ2n) is 6.01. The number of para-hydroxylation sites is 1. The lowest BCUT2D eigenvalue weighted by Crippen LogP contribution is -2.41. The highest BCUT2D eigenvalue weighted by molar-refractivity contribution is 6.01. The summed E-state index contributed by atoms with van der Waals surface area (Å²) in [6.07, 6.45) is 0.513. The maximum Gasteiger partial charge on any atom is 0.412 e. The number of carbonyl (C=O) groups is 2. The van der Waals surface area contributed by atoms with Crippen LogP contribution in [0.25, 0.3) is 0 Å². The summed E-state index contributed by atoms with van der Waals surface area (Å²) in [5, 5.41) is 9.56. The van der Waals surface area contributed by atoms with Gasteiger partial charge in [-0.2, -0.15) is 0 Å². The van der Waals surface area contributed by atoms with E-state index in [-0.39, 0.29) is 11.9 Å². The van der Waals surface area contributed by atoms with E-state index in [0.717, 1.165) is 29.8 Å². The number of hydrogen-bond donors (Lipinski definition) is 1. The van der Waals surface area contributed by atoms with Crippen LogP contribution < -0.4 is 9.80 Å². The molecule has 0 radical (unpaired) electrons. The van der Waals surface area contributed by atoms with Crippen molar-refractivity contribution >= 4 is 29.1 Å². The molecule has 1 atom stereocenters. The van der Waals surface area contributed by atoms with E-state index in [1.54, 1.807) is 11.0 Å². The number of amides is 2. The van der Waals surface area contributed by atoms with Gasteiger partial charge < -0.3 is 5.11 Å². The molecule has 5 heteroatoms. The Balaban J connectivity index is 2.15. The average Bonchev–Trinajstić information content (AvgIpc) is 2.55. The van der Waals surface area contributed by atoms with Gasteiger partial charge in [0.25, 0.3) is 0 Å². The molecule has 1 unspecified atom stereocenters. The predicted molar refractivity (Wildman–Crippen MR) is 94.0 cm³/mol. The first-order valence-electron chi connectivity index (χ1n) is 8.00. The standard InChI is InChI=1S/C19H20N2O3/c1-13-11-12-16-17(20(13)19(23)24)9-6-10-18(16)21(14(2)22)15-7-4-3-5-8-15/h3-10,13H,11-12H2,1-2H3,(H,23,24). The number of carboxylic acid groups (broad SMARTS) is 1. The highest BCUT2D eigenvalue weighted by Crippen LogP contribution is 2.39. The minimum atomic E-state index is -0.963. The molecule has 2 aromatic carbocycles. The van der Waals surface area contributed by atoms with Crippen molar-refractivity contribution in [2.45, 2.75) is 32.7 Å². The molecule has 0 saturated heterocycles. The number of anilines is 3. The first-order chi connectivity index (χ1) is 11.5. The second kappa shape index (κ2) is 6.35. The molecule has 0 bridgehead atoms. The van der Waals surface area contributed by atoms with Crippen LogP contribution in [0.5, 0.6) is 0 Å². The van der Waals surface area contributed by atoms with E-state index in [1.165, 1.54) is 11.8 Å². The molecule has 0 fully saturated rings. The number of hydrogen-bond acceptors (Lipinski definition) is 2. The fourth-order valence-electron chi connectivity index (χ4n) is 3.33. The van der Waals surface area contributed by atoms with Crippen molar-refractivity contribution in [3.05, 3.63) is 54.1 Å². The SMILES string of the molecule is CC(=O)N(c1ccccc1)c1cccc2c1CCC(C)N2C(=O)O. The molecule has 24 heavy (non-hydrogen) atoms. The zero-order valence-corrected chi connectivity index (χ0v) is 13.8. The molecular weight excluding hydrogens is 304 g/mol. The maximum atomic E-state index is 12.3. The van der Waals surface area contributed by atoms with E-state index in [2.05, 4.69) is 0 Å². The zero-order chi connectivity index (χ0) is 17.3. The summed E-state index contributed by atoms with van der Waals surface area (Å²) in [6.45, 7) is 3.43. The fraction of sp³-hybridized carbons (Fsp3) is 0.263. The lowest BCUT2D eigenvalue weighted by Gasteiger charge is -2.35. The van der Waals surface area contributed by atoms with Crippen LogP contribution in [-0.4, -0.2) is 23.1 Å². The number of nitrogens with zero attached hydrogens (tertiary/aromatic N) is 2. The summed E-state index contributed by atoms with van der Waals surface area (Å²) in [5.74, 6) is -0.102. The van der Waals surface area contributed by atoms with Gasteiger partial charge in [-0.25, -0.2) is 4.79 Å². The lowest BCUT2D eigenvalue weighted by molar-refractivity contribution is -0.115. The van der Waals surface area contributed by atoms with E-state index in [9.17, 15) is 14.7 Å². The van der Waals surface area contributed by atoms with Crippen LogP contribution in [0.1, 0.15) is 25.8 Å². The van der Waals surface area contributed by atoms with Gasteiger partial charge in [0.05, 0.1) is 11.4 Å². The van der Waals surface area contributed by atoms with E-state index >= 15 is 0 Å². The van der Waals surface area contributed by atoms with Crippen LogP contribution in [0, 0.1) is 0 Å². The van der Waals surface area contributed by atoms with Gasteiger partial charge in [-0.05, 0) is 44.0 Å².